The maximum absolute atomic E-state index is 12.8. The fraction of sp³-hybridized carbons (Fsp3) is 0.316. The quantitative estimate of drug-likeness (QED) is 0.677. The van der Waals surface area contributed by atoms with Crippen molar-refractivity contribution in [3.05, 3.63) is 52.5 Å². The Kier molecular flexibility index (Phi) is 7.20. The van der Waals surface area contributed by atoms with Crippen LogP contribution in [-0.4, -0.2) is 32.7 Å². The molecule has 0 spiro atoms. The molecule has 0 aliphatic heterocycles. The van der Waals surface area contributed by atoms with E-state index < -0.39 is 22.0 Å². The van der Waals surface area contributed by atoms with Crippen LogP contribution in [0.15, 0.2) is 42.5 Å². The summed E-state index contributed by atoms with van der Waals surface area (Å²) < 4.78 is 31.3. The maximum atomic E-state index is 12.8. The highest BCUT2D eigenvalue weighted by atomic mass is 35.5. The number of sulfonamides is 1. The number of nitrogens with zero attached hydrogens (tertiary/aromatic N) is 1. The molecule has 2 rings (SSSR count). The molecule has 0 fully saturated rings. The summed E-state index contributed by atoms with van der Waals surface area (Å²) in [5.74, 6) is 0.0708. The van der Waals surface area contributed by atoms with Crippen molar-refractivity contribution in [2.75, 3.05) is 15.9 Å². The Morgan fingerprint density at radius 2 is 1.79 bits per heavy atom. The SMILES string of the molecule is CC(C)Oc1cccc(NC(=O)[C@H](C)N(c2cc(Cl)ccc2Cl)S(C)(=O)=O)c1. The second-order valence-electron chi connectivity index (χ2n) is 6.51. The highest BCUT2D eigenvalue weighted by Crippen LogP contribution is 2.32. The van der Waals surface area contributed by atoms with Crippen LogP contribution in [0, 0.1) is 0 Å². The van der Waals surface area contributed by atoms with Gasteiger partial charge in [-0.25, -0.2) is 8.42 Å². The third-order valence-electron chi connectivity index (χ3n) is 3.71. The fourth-order valence-corrected chi connectivity index (χ4v) is 4.21. The molecule has 6 nitrogen and oxygen atoms in total. The van der Waals surface area contributed by atoms with E-state index >= 15 is 0 Å². The molecule has 152 valence electrons. The first kappa shape index (κ1) is 22.3. The van der Waals surface area contributed by atoms with Crippen LogP contribution in [-0.2, 0) is 14.8 Å². The predicted octanol–water partition coefficient (Wildman–Crippen LogP) is 4.57. The largest absolute Gasteiger partial charge is 0.491 e. The number of ether oxygens (including phenoxy) is 1. The van der Waals surface area contributed by atoms with E-state index in [1.54, 1.807) is 30.3 Å². The van der Waals surface area contributed by atoms with E-state index in [0.717, 1.165) is 10.6 Å². The molecule has 2 aromatic rings. The van der Waals surface area contributed by atoms with E-state index in [-0.39, 0.29) is 16.8 Å². The van der Waals surface area contributed by atoms with Gasteiger partial charge in [-0.05, 0) is 51.1 Å². The Morgan fingerprint density at radius 1 is 1.11 bits per heavy atom. The predicted molar refractivity (Wildman–Crippen MR) is 114 cm³/mol. The molecule has 28 heavy (non-hydrogen) atoms. The van der Waals surface area contributed by atoms with Crippen LogP contribution in [0.1, 0.15) is 20.8 Å². The Bertz CT molecular complexity index is 964. The van der Waals surface area contributed by atoms with Gasteiger partial charge >= 0.3 is 0 Å². The zero-order valence-corrected chi connectivity index (χ0v) is 18.3. The monoisotopic (exact) mass is 444 g/mol. The number of anilines is 2. The van der Waals surface area contributed by atoms with Crippen molar-refractivity contribution in [1.82, 2.24) is 0 Å². The molecular formula is C19H22Cl2N2O4S. The normalized spacial score (nSPS) is 12.5. The average molecular weight is 445 g/mol. The molecule has 0 aliphatic rings. The first-order valence-electron chi connectivity index (χ1n) is 8.51. The fourth-order valence-electron chi connectivity index (χ4n) is 2.60. The number of hydrogen-bond donors (Lipinski definition) is 1. The number of carbonyl (C=O) groups excluding carboxylic acids is 1. The molecule has 1 amide bonds. The first-order chi connectivity index (χ1) is 13.0. The van der Waals surface area contributed by atoms with E-state index in [1.807, 2.05) is 13.8 Å². The first-order valence-corrected chi connectivity index (χ1v) is 11.1. The second kappa shape index (κ2) is 9.03. The summed E-state index contributed by atoms with van der Waals surface area (Å²) in [5, 5.41) is 3.18. The molecular weight excluding hydrogens is 423 g/mol. The molecule has 0 aliphatic carbocycles. The van der Waals surface area contributed by atoms with Crippen LogP contribution in [0.3, 0.4) is 0 Å². The lowest BCUT2D eigenvalue weighted by Crippen LogP contribution is -2.45. The average Bonchev–Trinajstić information content (AvgIpc) is 2.56. The molecule has 0 saturated carbocycles. The lowest BCUT2D eigenvalue weighted by molar-refractivity contribution is -0.116. The van der Waals surface area contributed by atoms with Crippen LogP contribution < -0.4 is 14.4 Å². The molecule has 1 N–H and O–H groups in total. The number of hydrogen-bond acceptors (Lipinski definition) is 4. The number of halogens is 2. The van der Waals surface area contributed by atoms with Gasteiger partial charge < -0.3 is 10.1 Å². The van der Waals surface area contributed by atoms with E-state index in [4.69, 9.17) is 27.9 Å². The van der Waals surface area contributed by atoms with Gasteiger partial charge in [-0.1, -0.05) is 29.3 Å². The summed E-state index contributed by atoms with van der Waals surface area (Å²) in [5.41, 5.74) is 0.622. The highest BCUT2D eigenvalue weighted by molar-refractivity contribution is 7.92. The highest BCUT2D eigenvalue weighted by Gasteiger charge is 2.31. The topological polar surface area (TPSA) is 75.7 Å². The molecule has 2 aromatic carbocycles. The Balaban J connectivity index is 2.31. The Hall–Kier alpha value is -1.96. The van der Waals surface area contributed by atoms with Crippen LogP contribution in [0.4, 0.5) is 11.4 Å². The zero-order chi connectivity index (χ0) is 21.1. The van der Waals surface area contributed by atoms with Crippen molar-refractivity contribution in [1.29, 1.82) is 0 Å². The molecule has 0 aromatic heterocycles. The van der Waals surface area contributed by atoms with Crippen LogP contribution in [0.25, 0.3) is 0 Å². The van der Waals surface area contributed by atoms with Crippen molar-refractivity contribution < 1.29 is 17.9 Å². The van der Waals surface area contributed by atoms with Gasteiger partial charge in [0.2, 0.25) is 15.9 Å². The van der Waals surface area contributed by atoms with Gasteiger partial charge in [-0.2, -0.15) is 0 Å². The van der Waals surface area contributed by atoms with Gasteiger partial charge in [-0.3, -0.25) is 9.10 Å². The van der Waals surface area contributed by atoms with Gasteiger partial charge in [0.25, 0.3) is 0 Å². The van der Waals surface area contributed by atoms with Gasteiger partial charge in [0.05, 0.1) is 23.1 Å². The molecule has 0 bridgehead atoms. The van der Waals surface area contributed by atoms with Crippen molar-refractivity contribution in [3.63, 3.8) is 0 Å². The summed E-state index contributed by atoms with van der Waals surface area (Å²) in [4.78, 5) is 12.8. The second-order valence-corrected chi connectivity index (χ2v) is 9.22. The number of benzene rings is 2. The third-order valence-corrected chi connectivity index (χ3v) is 5.49. The van der Waals surface area contributed by atoms with Crippen LogP contribution in [0.2, 0.25) is 10.0 Å². The van der Waals surface area contributed by atoms with Gasteiger partial charge in [0.1, 0.15) is 11.8 Å². The summed E-state index contributed by atoms with van der Waals surface area (Å²) >= 11 is 12.2. The van der Waals surface area contributed by atoms with Crippen LogP contribution in [0.5, 0.6) is 5.75 Å². The molecule has 0 unspecified atom stereocenters. The Morgan fingerprint density at radius 3 is 2.39 bits per heavy atom. The summed E-state index contributed by atoms with van der Waals surface area (Å²) in [7, 11) is -3.81. The minimum absolute atomic E-state index is 0.0180. The van der Waals surface area contributed by atoms with Crippen LogP contribution >= 0.6 is 23.2 Å². The number of amides is 1. The molecule has 9 heteroatoms. The van der Waals surface area contributed by atoms with E-state index in [9.17, 15) is 13.2 Å². The molecule has 0 radical (unpaired) electrons. The van der Waals surface area contributed by atoms with Crippen molar-refractivity contribution in [2.24, 2.45) is 0 Å². The van der Waals surface area contributed by atoms with Gasteiger partial charge in [0, 0.05) is 16.8 Å². The van der Waals surface area contributed by atoms with Gasteiger partial charge in [0.15, 0.2) is 0 Å². The lowest BCUT2D eigenvalue weighted by Gasteiger charge is -2.29. The summed E-state index contributed by atoms with van der Waals surface area (Å²) in [6.07, 6.45) is 0.987. The van der Waals surface area contributed by atoms with Crippen molar-refractivity contribution in [2.45, 2.75) is 32.9 Å². The number of rotatable bonds is 7. The summed E-state index contributed by atoms with van der Waals surface area (Å²) in [6.45, 7) is 5.26. The van der Waals surface area contributed by atoms with E-state index in [1.165, 1.54) is 19.1 Å². The zero-order valence-electron chi connectivity index (χ0n) is 15.9. The molecule has 0 heterocycles. The van der Waals surface area contributed by atoms with E-state index in [0.29, 0.717) is 16.5 Å². The minimum atomic E-state index is -3.81. The van der Waals surface area contributed by atoms with E-state index in [2.05, 4.69) is 5.32 Å². The lowest BCUT2D eigenvalue weighted by atomic mass is 10.2. The van der Waals surface area contributed by atoms with Gasteiger partial charge in [-0.15, -0.1) is 0 Å². The van der Waals surface area contributed by atoms with Crippen molar-refractivity contribution in [3.8, 4) is 5.75 Å². The Labute approximate surface area is 175 Å². The molecule has 1 atom stereocenters. The smallest absolute Gasteiger partial charge is 0.247 e. The maximum Gasteiger partial charge on any atom is 0.247 e. The summed E-state index contributed by atoms with van der Waals surface area (Å²) in [6, 6.07) is 10.2. The third kappa shape index (κ3) is 5.77. The molecule has 0 saturated heterocycles. The minimum Gasteiger partial charge on any atom is -0.491 e. The number of carbonyl (C=O) groups is 1. The van der Waals surface area contributed by atoms with Crippen molar-refractivity contribution >= 4 is 50.5 Å². The standard InChI is InChI=1S/C19H22Cl2N2O4S/c1-12(2)27-16-7-5-6-15(11-16)22-19(24)13(3)23(28(4,25)26)18-10-14(20)8-9-17(18)21/h5-13H,1-4H3,(H,22,24)/t13-/m0/s1. The number of nitrogens with one attached hydrogen (secondary N) is 1.